The van der Waals surface area contributed by atoms with Gasteiger partial charge in [-0.05, 0) is 18.8 Å². The van der Waals surface area contributed by atoms with E-state index in [2.05, 4.69) is 34.4 Å². The van der Waals surface area contributed by atoms with Crippen LogP contribution in [0.25, 0.3) is 0 Å². The van der Waals surface area contributed by atoms with Crippen LogP contribution in [-0.4, -0.2) is 33.6 Å². The van der Waals surface area contributed by atoms with Gasteiger partial charge in [-0.3, -0.25) is 4.79 Å². The molecule has 1 aliphatic carbocycles. The number of rotatable bonds is 7. The lowest BCUT2D eigenvalue weighted by atomic mass is 10.1. The number of nitrogens with zero attached hydrogens (tertiary/aromatic N) is 2. The van der Waals surface area contributed by atoms with Gasteiger partial charge < -0.3 is 15.7 Å². The van der Waals surface area contributed by atoms with Crippen LogP contribution in [0.4, 0.5) is 11.6 Å². The van der Waals surface area contributed by atoms with Crippen molar-refractivity contribution in [1.82, 2.24) is 9.97 Å². The van der Waals surface area contributed by atoms with Crippen molar-refractivity contribution in [3.05, 3.63) is 12.4 Å². The van der Waals surface area contributed by atoms with Gasteiger partial charge in [-0.25, -0.2) is 9.97 Å². The molecule has 1 fully saturated rings. The van der Waals surface area contributed by atoms with E-state index in [1.165, 1.54) is 6.33 Å². The third-order valence-corrected chi connectivity index (χ3v) is 3.14. The Hall–Kier alpha value is -1.85. The molecular weight excluding hydrogens is 244 g/mol. The molecular formula is C13H20N4O2. The number of carbonyl (C=O) groups is 1. The van der Waals surface area contributed by atoms with Gasteiger partial charge in [-0.15, -0.1) is 0 Å². The van der Waals surface area contributed by atoms with Gasteiger partial charge in [-0.2, -0.15) is 0 Å². The molecule has 3 N–H and O–H groups in total. The van der Waals surface area contributed by atoms with Gasteiger partial charge in [0.15, 0.2) is 0 Å². The van der Waals surface area contributed by atoms with Gasteiger partial charge >= 0.3 is 5.97 Å². The highest BCUT2D eigenvalue weighted by Gasteiger charge is 2.43. The van der Waals surface area contributed by atoms with E-state index in [-0.39, 0.29) is 12.0 Å². The summed E-state index contributed by atoms with van der Waals surface area (Å²) in [5, 5.41) is 15.2. The van der Waals surface area contributed by atoms with Crippen LogP contribution in [0.3, 0.4) is 0 Å². The zero-order valence-corrected chi connectivity index (χ0v) is 11.3. The molecule has 0 amide bonds. The number of carboxylic acid groups (broad SMARTS) is 1. The molecule has 6 nitrogen and oxygen atoms in total. The number of anilines is 2. The molecule has 0 radical (unpaired) electrons. The summed E-state index contributed by atoms with van der Waals surface area (Å²) in [5.41, 5.74) is 0. The van der Waals surface area contributed by atoms with Gasteiger partial charge in [0, 0.05) is 18.7 Å². The van der Waals surface area contributed by atoms with E-state index in [1.807, 2.05) is 6.07 Å². The summed E-state index contributed by atoms with van der Waals surface area (Å²) >= 11 is 0. The topological polar surface area (TPSA) is 87.1 Å². The standard InChI is InChI=1S/C13H20N4O2/c1-8(2)3-4-14-11-6-12(16-7-15-11)17-10-5-9(10)13(18)19/h6-10H,3-5H2,1-2H3,(H,18,19)(H2,14,15,16,17). The molecule has 2 unspecified atom stereocenters. The molecule has 1 aromatic heterocycles. The van der Waals surface area contributed by atoms with Crippen molar-refractivity contribution in [3.8, 4) is 0 Å². The summed E-state index contributed by atoms with van der Waals surface area (Å²) < 4.78 is 0. The van der Waals surface area contributed by atoms with E-state index in [9.17, 15) is 4.79 Å². The van der Waals surface area contributed by atoms with Gasteiger partial charge in [-0.1, -0.05) is 13.8 Å². The number of nitrogens with one attached hydrogen (secondary N) is 2. The van der Waals surface area contributed by atoms with Crippen LogP contribution in [0, 0.1) is 11.8 Å². The van der Waals surface area contributed by atoms with Crippen molar-refractivity contribution in [1.29, 1.82) is 0 Å². The second-order valence-corrected chi connectivity index (χ2v) is 5.33. The molecule has 0 aliphatic heterocycles. The molecule has 0 bridgehead atoms. The minimum Gasteiger partial charge on any atom is -0.481 e. The Morgan fingerprint density at radius 1 is 1.47 bits per heavy atom. The van der Waals surface area contributed by atoms with Crippen molar-refractivity contribution in [2.24, 2.45) is 11.8 Å². The van der Waals surface area contributed by atoms with Crippen molar-refractivity contribution < 1.29 is 9.90 Å². The van der Waals surface area contributed by atoms with E-state index in [0.717, 1.165) is 18.8 Å². The molecule has 104 valence electrons. The van der Waals surface area contributed by atoms with Gasteiger partial charge in [0.2, 0.25) is 0 Å². The summed E-state index contributed by atoms with van der Waals surface area (Å²) in [6, 6.07) is 1.81. The smallest absolute Gasteiger partial charge is 0.308 e. The highest BCUT2D eigenvalue weighted by atomic mass is 16.4. The van der Waals surface area contributed by atoms with Crippen LogP contribution < -0.4 is 10.6 Å². The van der Waals surface area contributed by atoms with Gasteiger partial charge in [0.25, 0.3) is 0 Å². The molecule has 6 heteroatoms. The zero-order valence-electron chi connectivity index (χ0n) is 11.3. The van der Waals surface area contributed by atoms with Crippen LogP contribution >= 0.6 is 0 Å². The maximum atomic E-state index is 10.7. The Kier molecular flexibility index (Phi) is 4.19. The monoisotopic (exact) mass is 264 g/mol. The molecule has 1 aliphatic rings. The van der Waals surface area contributed by atoms with Gasteiger partial charge in [0.1, 0.15) is 18.0 Å². The van der Waals surface area contributed by atoms with Crippen molar-refractivity contribution >= 4 is 17.6 Å². The van der Waals surface area contributed by atoms with E-state index in [0.29, 0.717) is 18.2 Å². The predicted octanol–water partition coefficient (Wildman–Crippen LogP) is 1.82. The van der Waals surface area contributed by atoms with E-state index in [4.69, 9.17) is 5.11 Å². The van der Waals surface area contributed by atoms with E-state index >= 15 is 0 Å². The lowest BCUT2D eigenvalue weighted by molar-refractivity contribution is -0.138. The zero-order chi connectivity index (χ0) is 13.8. The van der Waals surface area contributed by atoms with Crippen LogP contribution in [0.2, 0.25) is 0 Å². The van der Waals surface area contributed by atoms with Crippen LogP contribution in [0.5, 0.6) is 0 Å². The third kappa shape index (κ3) is 4.08. The lowest BCUT2D eigenvalue weighted by Crippen LogP contribution is -2.12. The maximum absolute atomic E-state index is 10.7. The fourth-order valence-corrected chi connectivity index (χ4v) is 1.84. The first kappa shape index (κ1) is 13.6. The molecule has 1 saturated carbocycles. The Morgan fingerprint density at radius 2 is 2.21 bits per heavy atom. The summed E-state index contributed by atoms with van der Waals surface area (Å²) in [6.45, 7) is 5.22. The third-order valence-electron chi connectivity index (χ3n) is 3.14. The first-order valence-electron chi connectivity index (χ1n) is 6.61. The summed E-state index contributed by atoms with van der Waals surface area (Å²) in [6.07, 6.45) is 3.23. The lowest BCUT2D eigenvalue weighted by Gasteiger charge is -2.09. The Morgan fingerprint density at radius 3 is 2.84 bits per heavy atom. The number of hydrogen-bond donors (Lipinski definition) is 3. The SMILES string of the molecule is CC(C)CCNc1cc(NC2CC2C(=O)O)ncn1. The fourth-order valence-electron chi connectivity index (χ4n) is 1.84. The van der Waals surface area contributed by atoms with E-state index < -0.39 is 5.97 Å². The molecule has 2 atom stereocenters. The van der Waals surface area contributed by atoms with Crippen molar-refractivity contribution in [2.45, 2.75) is 32.7 Å². The van der Waals surface area contributed by atoms with Gasteiger partial charge in [0.05, 0.1) is 5.92 Å². The average Bonchev–Trinajstić information content (AvgIpc) is 3.08. The van der Waals surface area contributed by atoms with Crippen LogP contribution in [0.15, 0.2) is 12.4 Å². The Balaban J connectivity index is 1.84. The maximum Gasteiger partial charge on any atom is 0.308 e. The molecule has 1 heterocycles. The average molecular weight is 264 g/mol. The van der Waals surface area contributed by atoms with E-state index in [1.54, 1.807) is 0 Å². The fraction of sp³-hybridized carbons (Fsp3) is 0.615. The summed E-state index contributed by atoms with van der Waals surface area (Å²) in [7, 11) is 0. The Bertz CT molecular complexity index is 450. The number of aliphatic carboxylic acids is 1. The molecule has 1 aromatic rings. The number of carboxylic acids is 1. The Labute approximate surface area is 112 Å². The van der Waals surface area contributed by atoms with Crippen molar-refractivity contribution in [2.75, 3.05) is 17.2 Å². The quantitative estimate of drug-likeness (QED) is 0.696. The summed E-state index contributed by atoms with van der Waals surface area (Å²) in [5.74, 6) is 1.06. The molecule has 0 aromatic carbocycles. The van der Waals surface area contributed by atoms with Crippen LogP contribution in [0.1, 0.15) is 26.7 Å². The first-order chi connectivity index (χ1) is 9.06. The van der Waals surface area contributed by atoms with Crippen LogP contribution in [-0.2, 0) is 4.79 Å². The molecule has 19 heavy (non-hydrogen) atoms. The second kappa shape index (κ2) is 5.86. The van der Waals surface area contributed by atoms with Crippen molar-refractivity contribution in [3.63, 3.8) is 0 Å². The normalized spacial score (nSPS) is 21.2. The second-order valence-electron chi connectivity index (χ2n) is 5.33. The highest BCUT2D eigenvalue weighted by molar-refractivity contribution is 5.75. The first-order valence-corrected chi connectivity index (χ1v) is 6.61. The molecule has 2 rings (SSSR count). The predicted molar refractivity (Wildman–Crippen MR) is 73.1 cm³/mol. The molecule has 0 saturated heterocycles. The minimum absolute atomic E-state index is 0.00378. The molecule has 0 spiro atoms. The largest absolute Gasteiger partial charge is 0.481 e. The highest BCUT2D eigenvalue weighted by Crippen LogP contribution is 2.33. The minimum atomic E-state index is -0.748. The summed E-state index contributed by atoms with van der Waals surface area (Å²) in [4.78, 5) is 19.0. The number of aromatic nitrogens is 2. The number of hydrogen-bond acceptors (Lipinski definition) is 5.